The molecule has 1 aromatic carbocycles. The molecular weight excluding hydrogens is 430 g/mol. The summed E-state index contributed by atoms with van der Waals surface area (Å²) < 4.78 is 33.5. The van der Waals surface area contributed by atoms with Gasteiger partial charge in [0.2, 0.25) is 21.8 Å². The SMILES string of the molecule is O=[N+]([O-])c1ccc(-c2nnc(CN3CCC(NS(=O)(=O)c4cccs4)CC3)o2)cc1. The van der Waals surface area contributed by atoms with Crippen LogP contribution in [0.2, 0.25) is 0 Å². The van der Waals surface area contributed by atoms with Crippen molar-refractivity contribution in [2.45, 2.75) is 29.6 Å². The Morgan fingerprint density at radius 1 is 1.20 bits per heavy atom. The maximum atomic E-state index is 12.3. The Balaban J connectivity index is 1.31. The van der Waals surface area contributed by atoms with Crippen LogP contribution in [0.1, 0.15) is 18.7 Å². The lowest BCUT2D eigenvalue weighted by atomic mass is 10.1. The first kappa shape index (κ1) is 20.6. The number of nitrogens with zero attached hydrogens (tertiary/aromatic N) is 4. The molecule has 3 heterocycles. The van der Waals surface area contributed by atoms with E-state index in [4.69, 9.17) is 4.42 Å². The minimum absolute atomic E-state index is 0.00365. The van der Waals surface area contributed by atoms with Crippen molar-refractivity contribution < 1.29 is 17.8 Å². The first-order valence-corrected chi connectivity index (χ1v) is 11.6. The Bertz CT molecular complexity index is 1100. The van der Waals surface area contributed by atoms with Gasteiger partial charge < -0.3 is 4.42 Å². The molecule has 2 aromatic heterocycles. The Hall–Kier alpha value is -2.67. The number of nitro benzene ring substituents is 1. The fourth-order valence-corrected chi connectivity index (χ4v) is 5.57. The summed E-state index contributed by atoms with van der Waals surface area (Å²) in [4.78, 5) is 12.4. The molecule has 1 saturated heterocycles. The highest BCUT2D eigenvalue weighted by Crippen LogP contribution is 2.23. The number of aromatic nitrogens is 2. The second kappa shape index (κ2) is 8.60. The number of nitro groups is 1. The van der Waals surface area contributed by atoms with E-state index in [0.717, 1.165) is 0 Å². The molecule has 158 valence electrons. The van der Waals surface area contributed by atoms with Gasteiger partial charge in [-0.15, -0.1) is 21.5 Å². The number of likely N-dealkylation sites (tertiary alicyclic amines) is 1. The van der Waals surface area contributed by atoms with Gasteiger partial charge >= 0.3 is 0 Å². The van der Waals surface area contributed by atoms with Gasteiger partial charge in [-0.2, -0.15) is 0 Å². The van der Waals surface area contributed by atoms with Crippen LogP contribution >= 0.6 is 11.3 Å². The molecule has 4 rings (SSSR count). The summed E-state index contributed by atoms with van der Waals surface area (Å²) >= 11 is 1.20. The van der Waals surface area contributed by atoms with Crippen molar-refractivity contribution in [1.82, 2.24) is 19.8 Å². The number of nitrogens with one attached hydrogen (secondary N) is 1. The van der Waals surface area contributed by atoms with Gasteiger partial charge in [0.1, 0.15) is 4.21 Å². The molecule has 3 aromatic rings. The second-order valence-corrected chi connectivity index (χ2v) is 9.80. The highest BCUT2D eigenvalue weighted by Gasteiger charge is 2.26. The van der Waals surface area contributed by atoms with Crippen LogP contribution in [-0.2, 0) is 16.6 Å². The Morgan fingerprint density at radius 3 is 2.57 bits per heavy atom. The van der Waals surface area contributed by atoms with Gasteiger partial charge in [0.25, 0.3) is 5.69 Å². The van der Waals surface area contributed by atoms with Crippen molar-refractivity contribution in [3.05, 3.63) is 57.8 Å². The van der Waals surface area contributed by atoms with E-state index in [0.29, 0.717) is 54.0 Å². The van der Waals surface area contributed by atoms with Crippen LogP contribution in [0.25, 0.3) is 11.5 Å². The molecule has 0 saturated carbocycles. The number of rotatable bonds is 7. The van der Waals surface area contributed by atoms with Gasteiger partial charge in [-0.05, 0) is 36.4 Å². The van der Waals surface area contributed by atoms with Crippen molar-refractivity contribution >= 4 is 27.0 Å². The predicted octanol–water partition coefficient (Wildman–Crippen LogP) is 2.65. The lowest BCUT2D eigenvalue weighted by Crippen LogP contribution is -2.44. The number of sulfonamides is 1. The monoisotopic (exact) mass is 449 g/mol. The average molecular weight is 450 g/mol. The number of non-ortho nitro benzene ring substituents is 1. The fraction of sp³-hybridized carbons (Fsp3) is 0.333. The molecule has 30 heavy (non-hydrogen) atoms. The summed E-state index contributed by atoms with van der Waals surface area (Å²) in [7, 11) is -3.46. The molecular formula is C18H19N5O5S2. The van der Waals surface area contributed by atoms with Crippen molar-refractivity contribution in [3.8, 4) is 11.5 Å². The highest BCUT2D eigenvalue weighted by atomic mass is 32.2. The minimum atomic E-state index is -3.46. The molecule has 0 amide bonds. The molecule has 0 bridgehead atoms. The smallest absolute Gasteiger partial charge is 0.269 e. The van der Waals surface area contributed by atoms with E-state index in [1.165, 1.54) is 23.5 Å². The highest BCUT2D eigenvalue weighted by molar-refractivity contribution is 7.91. The van der Waals surface area contributed by atoms with Crippen LogP contribution in [0.5, 0.6) is 0 Å². The molecule has 0 radical (unpaired) electrons. The first-order valence-electron chi connectivity index (χ1n) is 9.26. The van der Waals surface area contributed by atoms with Gasteiger partial charge in [0.15, 0.2) is 0 Å². The third-order valence-electron chi connectivity index (χ3n) is 4.82. The van der Waals surface area contributed by atoms with E-state index < -0.39 is 14.9 Å². The molecule has 0 spiro atoms. The lowest BCUT2D eigenvalue weighted by molar-refractivity contribution is -0.384. The third kappa shape index (κ3) is 4.73. The maximum absolute atomic E-state index is 12.3. The van der Waals surface area contributed by atoms with Gasteiger partial charge in [-0.1, -0.05) is 6.07 Å². The topological polar surface area (TPSA) is 131 Å². The molecule has 1 fully saturated rings. The summed E-state index contributed by atoms with van der Waals surface area (Å²) in [6, 6.07) is 9.13. The summed E-state index contributed by atoms with van der Waals surface area (Å²) in [6.45, 7) is 1.87. The largest absolute Gasteiger partial charge is 0.419 e. The van der Waals surface area contributed by atoms with Crippen LogP contribution in [0.4, 0.5) is 5.69 Å². The van der Waals surface area contributed by atoms with Crippen molar-refractivity contribution in [2.24, 2.45) is 0 Å². The standard InChI is InChI=1S/C18H19N5O5S2/c24-23(25)15-5-3-13(4-6-15)18-20-19-16(28-18)12-22-9-7-14(8-10-22)21-30(26,27)17-2-1-11-29-17/h1-6,11,14,21H,7-10,12H2. The molecule has 1 aliphatic heterocycles. The van der Waals surface area contributed by atoms with Crippen LogP contribution in [-0.4, -0.2) is 47.6 Å². The summed E-state index contributed by atoms with van der Waals surface area (Å²) in [5.74, 6) is 0.750. The molecule has 10 nitrogen and oxygen atoms in total. The van der Waals surface area contributed by atoms with Gasteiger partial charge in [-0.3, -0.25) is 15.0 Å². The molecule has 1 N–H and O–H groups in total. The third-order valence-corrected chi connectivity index (χ3v) is 7.74. The Kier molecular flexibility index (Phi) is 5.90. The van der Waals surface area contributed by atoms with Crippen LogP contribution in [0, 0.1) is 10.1 Å². The Labute approximate surface area is 176 Å². The normalized spacial score (nSPS) is 16.0. The van der Waals surface area contributed by atoms with E-state index in [1.807, 2.05) is 0 Å². The molecule has 0 aliphatic carbocycles. The maximum Gasteiger partial charge on any atom is 0.269 e. The summed E-state index contributed by atoms with van der Waals surface area (Å²) in [5.41, 5.74) is 0.608. The fourth-order valence-electron chi connectivity index (χ4n) is 3.25. The number of benzene rings is 1. The lowest BCUT2D eigenvalue weighted by Gasteiger charge is -2.31. The zero-order chi connectivity index (χ0) is 21.1. The Morgan fingerprint density at radius 2 is 1.93 bits per heavy atom. The average Bonchev–Trinajstić information content (AvgIpc) is 3.42. The van der Waals surface area contributed by atoms with E-state index in [-0.39, 0.29) is 11.7 Å². The quantitative estimate of drug-likeness (QED) is 0.430. The number of hydrogen-bond acceptors (Lipinski definition) is 9. The minimum Gasteiger partial charge on any atom is -0.419 e. The molecule has 12 heteroatoms. The van der Waals surface area contributed by atoms with Crippen molar-refractivity contribution in [2.75, 3.05) is 13.1 Å². The van der Waals surface area contributed by atoms with Gasteiger partial charge in [0.05, 0.1) is 11.5 Å². The van der Waals surface area contributed by atoms with Crippen molar-refractivity contribution in [1.29, 1.82) is 0 Å². The van der Waals surface area contributed by atoms with Crippen LogP contribution in [0.15, 0.2) is 50.4 Å². The van der Waals surface area contributed by atoms with Crippen molar-refractivity contribution in [3.63, 3.8) is 0 Å². The molecule has 0 unspecified atom stereocenters. The molecule has 0 atom stereocenters. The number of thiophene rings is 1. The zero-order valence-electron chi connectivity index (χ0n) is 15.8. The predicted molar refractivity (Wildman–Crippen MR) is 109 cm³/mol. The zero-order valence-corrected chi connectivity index (χ0v) is 17.4. The number of hydrogen-bond donors (Lipinski definition) is 1. The summed E-state index contributed by atoms with van der Waals surface area (Å²) in [6.07, 6.45) is 1.38. The van der Waals surface area contributed by atoms with Crippen LogP contribution in [0.3, 0.4) is 0 Å². The number of piperidine rings is 1. The molecule has 1 aliphatic rings. The summed E-state index contributed by atoms with van der Waals surface area (Å²) in [5, 5.41) is 20.6. The second-order valence-electron chi connectivity index (χ2n) is 6.91. The first-order chi connectivity index (χ1) is 14.4. The van der Waals surface area contributed by atoms with E-state index >= 15 is 0 Å². The van der Waals surface area contributed by atoms with E-state index in [1.54, 1.807) is 29.6 Å². The van der Waals surface area contributed by atoms with Gasteiger partial charge in [-0.25, -0.2) is 13.1 Å². The van der Waals surface area contributed by atoms with Crippen LogP contribution < -0.4 is 4.72 Å². The van der Waals surface area contributed by atoms with E-state index in [9.17, 15) is 18.5 Å². The van der Waals surface area contributed by atoms with Gasteiger partial charge in [0, 0.05) is 36.8 Å². The van der Waals surface area contributed by atoms with E-state index in [2.05, 4.69) is 19.8 Å².